The number of benzene rings is 3. The van der Waals surface area contributed by atoms with Gasteiger partial charge in [-0.1, -0.05) is 71.2 Å². The number of hydrogen-bond acceptors (Lipinski definition) is 1. The lowest BCUT2D eigenvalue weighted by atomic mass is 10.2. The molecule has 0 radical (unpaired) electrons. The van der Waals surface area contributed by atoms with Gasteiger partial charge in [0.25, 0.3) is 0 Å². The van der Waals surface area contributed by atoms with E-state index in [2.05, 4.69) is 4.57 Å². The van der Waals surface area contributed by atoms with E-state index in [1.807, 2.05) is 78.9 Å². The second-order valence-electron chi connectivity index (χ2n) is 6.10. The molecule has 134 valence electrons. The first-order valence-electron chi connectivity index (χ1n) is 8.44. The number of rotatable bonds is 4. The summed E-state index contributed by atoms with van der Waals surface area (Å²) >= 11 is 19.0. The van der Waals surface area contributed by atoms with Gasteiger partial charge in [-0.3, -0.25) is 0 Å². The third-order valence-corrected chi connectivity index (χ3v) is 5.43. The predicted octanol–water partition coefficient (Wildman–Crippen LogP) is 7.22. The molecule has 3 aromatic carbocycles. The molecule has 1 aromatic heterocycles. The SMILES string of the molecule is Clc1ccccc1C=Cc1nc2ccccc2n1Cc1c(Cl)cccc1Cl. The molecule has 0 amide bonds. The molecular weight excluding hydrogens is 399 g/mol. The van der Waals surface area contributed by atoms with Crippen molar-refractivity contribution in [3.05, 3.63) is 98.7 Å². The van der Waals surface area contributed by atoms with Gasteiger partial charge in [0.1, 0.15) is 5.82 Å². The highest BCUT2D eigenvalue weighted by Crippen LogP contribution is 2.28. The fourth-order valence-corrected chi connectivity index (χ4v) is 3.72. The average Bonchev–Trinajstić information content (AvgIpc) is 3.02. The van der Waals surface area contributed by atoms with Crippen LogP contribution in [0.2, 0.25) is 15.1 Å². The van der Waals surface area contributed by atoms with Crippen molar-refractivity contribution in [2.75, 3.05) is 0 Å². The normalized spacial score (nSPS) is 11.5. The van der Waals surface area contributed by atoms with Gasteiger partial charge in [-0.2, -0.15) is 0 Å². The van der Waals surface area contributed by atoms with Gasteiger partial charge >= 0.3 is 0 Å². The van der Waals surface area contributed by atoms with Crippen LogP contribution >= 0.6 is 34.8 Å². The van der Waals surface area contributed by atoms with E-state index in [0.717, 1.165) is 28.0 Å². The molecule has 0 N–H and O–H groups in total. The highest BCUT2D eigenvalue weighted by Gasteiger charge is 2.12. The summed E-state index contributed by atoms with van der Waals surface area (Å²) in [6.45, 7) is 0.529. The van der Waals surface area contributed by atoms with Gasteiger partial charge in [0.15, 0.2) is 0 Å². The molecule has 0 saturated heterocycles. The van der Waals surface area contributed by atoms with Crippen molar-refractivity contribution >= 4 is 58.0 Å². The molecule has 0 unspecified atom stereocenters. The Morgan fingerprint density at radius 2 is 1.41 bits per heavy atom. The maximum absolute atomic E-state index is 6.39. The quantitative estimate of drug-likeness (QED) is 0.345. The predicted molar refractivity (Wildman–Crippen MR) is 116 cm³/mol. The number of halogens is 3. The zero-order chi connectivity index (χ0) is 18.8. The molecule has 0 aliphatic carbocycles. The maximum atomic E-state index is 6.39. The van der Waals surface area contributed by atoms with E-state index in [-0.39, 0.29) is 0 Å². The second-order valence-corrected chi connectivity index (χ2v) is 7.32. The van der Waals surface area contributed by atoms with Gasteiger partial charge in [0, 0.05) is 20.6 Å². The summed E-state index contributed by atoms with van der Waals surface area (Å²) in [6, 6.07) is 21.3. The standard InChI is InChI=1S/C22H15Cl3N2/c23-17-7-2-1-6-15(17)12-13-22-26-20-10-3-4-11-21(20)27(22)14-16-18(24)8-5-9-19(16)25/h1-13H,14H2. The van der Waals surface area contributed by atoms with Crippen molar-refractivity contribution < 1.29 is 0 Å². The smallest absolute Gasteiger partial charge is 0.134 e. The van der Waals surface area contributed by atoms with Crippen molar-refractivity contribution in [2.45, 2.75) is 6.54 Å². The minimum absolute atomic E-state index is 0.529. The van der Waals surface area contributed by atoms with E-state index in [4.69, 9.17) is 39.8 Å². The minimum atomic E-state index is 0.529. The zero-order valence-corrected chi connectivity index (χ0v) is 16.5. The Morgan fingerprint density at radius 1 is 0.741 bits per heavy atom. The van der Waals surface area contributed by atoms with Gasteiger partial charge < -0.3 is 4.57 Å². The molecule has 0 spiro atoms. The number of hydrogen-bond donors (Lipinski definition) is 0. The minimum Gasteiger partial charge on any atom is -0.320 e. The van der Waals surface area contributed by atoms with E-state index in [1.54, 1.807) is 0 Å². The monoisotopic (exact) mass is 412 g/mol. The summed E-state index contributed by atoms with van der Waals surface area (Å²) < 4.78 is 2.11. The molecular formula is C22H15Cl3N2. The number of imidazole rings is 1. The van der Waals surface area contributed by atoms with Crippen LogP contribution in [0.4, 0.5) is 0 Å². The van der Waals surface area contributed by atoms with Crippen LogP contribution in [-0.4, -0.2) is 9.55 Å². The van der Waals surface area contributed by atoms with Crippen LogP contribution < -0.4 is 0 Å². The van der Waals surface area contributed by atoms with Gasteiger partial charge in [-0.05, 0) is 48.0 Å². The number of nitrogens with zero attached hydrogens (tertiary/aromatic N) is 2. The lowest BCUT2D eigenvalue weighted by Crippen LogP contribution is -2.03. The molecule has 4 aromatic rings. The Balaban J connectivity index is 1.81. The highest BCUT2D eigenvalue weighted by atomic mass is 35.5. The fourth-order valence-electron chi connectivity index (χ4n) is 3.00. The summed E-state index contributed by atoms with van der Waals surface area (Å²) in [4.78, 5) is 4.76. The second kappa shape index (κ2) is 7.77. The number of fused-ring (bicyclic) bond motifs is 1. The highest BCUT2D eigenvalue weighted by molar-refractivity contribution is 6.36. The molecule has 1 heterocycles. The van der Waals surface area contributed by atoms with Crippen LogP contribution in [0, 0.1) is 0 Å². The maximum Gasteiger partial charge on any atom is 0.134 e. The van der Waals surface area contributed by atoms with E-state index in [9.17, 15) is 0 Å². The molecule has 0 fully saturated rings. The van der Waals surface area contributed by atoms with Crippen LogP contribution in [0.5, 0.6) is 0 Å². The number of aromatic nitrogens is 2. The Hall–Kier alpha value is -2.26. The summed E-state index contributed by atoms with van der Waals surface area (Å²) in [7, 11) is 0. The van der Waals surface area contributed by atoms with E-state index in [1.165, 1.54) is 0 Å². The van der Waals surface area contributed by atoms with Crippen molar-refractivity contribution in [1.29, 1.82) is 0 Å². The summed E-state index contributed by atoms with van der Waals surface area (Å²) in [5, 5.41) is 1.98. The lowest BCUT2D eigenvalue weighted by Gasteiger charge is -2.11. The van der Waals surface area contributed by atoms with Crippen LogP contribution in [0.15, 0.2) is 66.7 Å². The van der Waals surface area contributed by atoms with E-state index >= 15 is 0 Å². The third kappa shape index (κ3) is 3.74. The van der Waals surface area contributed by atoms with Gasteiger partial charge in [-0.15, -0.1) is 0 Å². The van der Waals surface area contributed by atoms with Crippen LogP contribution in [0.3, 0.4) is 0 Å². The topological polar surface area (TPSA) is 17.8 Å². The summed E-state index contributed by atoms with van der Waals surface area (Å²) in [6.07, 6.45) is 3.93. The molecule has 4 rings (SSSR count). The molecule has 5 heteroatoms. The summed E-state index contributed by atoms with van der Waals surface area (Å²) in [5.74, 6) is 0.812. The zero-order valence-electron chi connectivity index (χ0n) is 14.2. The molecule has 0 bridgehead atoms. The molecule has 2 nitrogen and oxygen atoms in total. The Kier molecular flexibility index (Phi) is 5.22. The molecule has 0 aliphatic rings. The van der Waals surface area contributed by atoms with E-state index in [0.29, 0.717) is 21.6 Å². The van der Waals surface area contributed by atoms with Crippen molar-refractivity contribution in [3.8, 4) is 0 Å². The van der Waals surface area contributed by atoms with Crippen LogP contribution in [0.1, 0.15) is 17.0 Å². The van der Waals surface area contributed by atoms with Crippen molar-refractivity contribution in [1.82, 2.24) is 9.55 Å². The van der Waals surface area contributed by atoms with Gasteiger partial charge in [-0.25, -0.2) is 4.98 Å². The Morgan fingerprint density at radius 3 is 2.19 bits per heavy atom. The summed E-state index contributed by atoms with van der Waals surface area (Å²) in [5.41, 5.74) is 3.75. The molecule has 0 atom stereocenters. The number of para-hydroxylation sites is 2. The third-order valence-electron chi connectivity index (χ3n) is 4.38. The fraction of sp³-hybridized carbons (Fsp3) is 0.0455. The lowest BCUT2D eigenvalue weighted by molar-refractivity contribution is 0.814. The van der Waals surface area contributed by atoms with E-state index < -0.39 is 0 Å². The van der Waals surface area contributed by atoms with Crippen LogP contribution in [0.25, 0.3) is 23.2 Å². The first-order chi connectivity index (χ1) is 13.1. The molecule has 0 saturated carbocycles. The van der Waals surface area contributed by atoms with Crippen molar-refractivity contribution in [2.24, 2.45) is 0 Å². The van der Waals surface area contributed by atoms with Crippen LogP contribution in [-0.2, 0) is 6.54 Å². The Bertz CT molecular complexity index is 1130. The average molecular weight is 414 g/mol. The first-order valence-corrected chi connectivity index (χ1v) is 9.57. The molecule has 0 aliphatic heterocycles. The molecule has 27 heavy (non-hydrogen) atoms. The first kappa shape index (κ1) is 18.1. The van der Waals surface area contributed by atoms with Gasteiger partial charge in [0.05, 0.1) is 17.6 Å². The largest absolute Gasteiger partial charge is 0.320 e. The van der Waals surface area contributed by atoms with Gasteiger partial charge in [0.2, 0.25) is 0 Å². The van der Waals surface area contributed by atoms with Crippen molar-refractivity contribution in [3.63, 3.8) is 0 Å². The Labute approximate surface area is 172 Å².